The summed E-state index contributed by atoms with van der Waals surface area (Å²) in [5.41, 5.74) is 5.40. The van der Waals surface area contributed by atoms with Gasteiger partial charge in [-0.2, -0.15) is 0 Å². The summed E-state index contributed by atoms with van der Waals surface area (Å²) < 4.78 is 33.7. The number of esters is 1. The molecule has 2 unspecified atom stereocenters. The van der Waals surface area contributed by atoms with E-state index in [0.717, 1.165) is 96.3 Å². The highest BCUT2D eigenvalue weighted by atomic mass is 31.2. The maximum absolute atomic E-state index is 12.7. The van der Waals surface area contributed by atoms with E-state index < -0.39 is 13.9 Å². The monoisotopic (exact) mass is 968 g/mol. The average molecular weight is 968 g/mol. The average Bonchev–Trinajstić information content (AvgIpc) is 3.33. The second-order valence-electron chi connectivity index (χ2n) is 17.7. The van der Waals surface area contributed by atoms with Crippen molar-refractivity contribution in [2.24, 2.45) is 5.73 Å². The Balaban J connectivity index is 3.96. The molecule has 0 saturated heterocycles. The number of rotatable bonds is 51. The van der Waals surface area contributed by atoms with Gasteiger partial charge in [-0.3, -0.25) is 13.8 Å². The molecule has 0 heterocycles. The summed E-state index contributed by atoms with van der Waals surface area (Å²) in [6, 6.07) is 0. The number of phosphoric ester groups is 1. The fraction of sp³-hybridized carbons (Fsp3) is 0.678. The molecule has 0 aliphatic carbocycles. The largest absolute Gasteiger partial charge is 0.472 e. The maximum Gasteiger partial charge on any atom is 0.472 e. The fourth-order valence-electron chi connectivity index (χ4n) is 7.25. The minimum Gasteiger partial charge on any atom is -0.457 e. The van der Waals surface area contributed by atoms with Crippen LogP contribution in [0.1, 0.15) is 219 Å². The van der Waals surface area contributed by atoms with Crippen molar-refractivity contribution in [3.63, 3.8) is 0 Å². The summed E-state index contributed by atoms with van der Waals surface area (Å²) in [5.74, 6) is -0.341. The molecule has 0 spiro atoms. The number of carbonyl (C=O) groups is 1. The van der Waals surface area contributed by atoms with E-state index in [1.807, 2.05) is 0 Å². The smallest absolute Gasteiger partial charge is 0.457 e. The summed E-state index contributed by atoms with van der Waals surface area (Å²) in [4.78, 5) is 22.7. The number of phosphoric acid groups is 1. The molecule has 0 saturated carbocycles. The van der Waals surface area contributed by atoms with E-state index in [-0.39, 0.29) is 32.3 Å². The van der Waals surface area contributed by atoms with Gasteiger partial charge >= 0.3 is 13.8 Å². The Kier molecular flexibility index (Phi) is 52.8. The highest BCUT2D eigenvalue weighted by Gasteiger charge is 2.25. The Morgan fingerprint density at radius 3 is 1.16 bits per heavy atom. The molecular weight excluding hydrogens is 866 g/mol. The van der Waals surface area contributed by atoms with Gasteiger partial charge in [-0.25, -0.2) is 4.57 Å². The lowest BCUT2D eigenvalue weighted by Crippen LogP contribution is -2.28. The molecule has 390 valence electrons. The number of nitrogens with two attached hydrogens (primary N) is 1. The van der Waals surface area contributed by atoms with Crippen LogP contribution in [0.4, 0.5) is 0 Å². The zero-order chi connectivity index (χ0) is 49.4. The highest BCUT2D eigenvalue weighted by Crippen LogP contribution is 2.43. The van der Waals surface area contributed by atoms with E-state index in [2.05, 4.69) is 123 Å². The number of hydrogen-bond acceptors (Lipinski definition) is 7. The second kappa shape index (κ2) is 55.1. The maximum atomic E-state index is 12.7. The Hall–Kier alpha value is -2.84. The zero-order valence-electron chi connectivity index (χ0n) is 43.6. The van der Waals surface area contributed by atoms with E-state index in [1.54, 1.807) is 0 Å². The lowest BCUT2D eigenvalue weighted by atomic mass is 10.1. The number of hydrogen-bond donors (Lipinski definition) is 2. The molecular formula is C59H102NO7P. The van der Waals surface area contributed by atoms with Crippen LogP contribution < -0.4 is 5.73 Å². The lowest BCUT2D eigenvalue weighted by Gasteiger charge is -2.20. The predicted molar refractivity (Wildman–Crippen MR) is 293 cm³/mol. The van der Waals surface area contributed by atoms with Gasteiger partial charge in [-0.05, 0) is 96.3 Å². The topological polar surface area (TPSA) is 117 Å². The van der Waals surface area contributed by atoms with Crippen molar-refractivity contribution >= 4 is 13.8 Å². The Morgan fingerprint density at radius 2 is 0.779 bits per heavy atom. The molecule has 0 amide bonds. The molecule has 8 nitrogen and oxygen atoms in total. The number of allylic oxidation sites excluding steroid dienone is 18. The number of ether oxygens (including phenoxy) is 2. The third-order valence-electron chi connectivity index (χ3n) is 11.2. The van der Waals surface area contributed by atoms with Gasteiger partial charge in [0.05, 0.1) is 19.8 Å². The third-order valence-corrected chi connectivity index (χ3v) is 12.2. The number of unbranched alkanes of at least 4 members (excludes halogenated alkanes) is 20. The fourth-order valence-corrected chi connectivity index (χ4v) is 8.02. The molecule has 0 aromatic rings. The van der Waals surface area contributed by atoms with Gasteiger partial charge in [-0.15, -0.1) is 0 Å². The second-order valence-corrected chi connectivity index (χ2v) is 19.1. The Morgan fingerprint density at radius 1 is 0.441 bits per heavy atom. The van der Waals surface area contributed by atoms with Gasteiger partial charge in [0, 0.05) is 19.6 Å². The van der Waals surface area contributed by atoms with Crippen molar-refractivity contribution in [3.05, 3.63) is 109 Å². The molecule has 0 fully saturated rings. The molecule has 0 aliphatic rings. The zero-order valence-corrected chi connectivity index (χ0v) is 44.4. The van der Waals surface area contributed by atoms with Gasteiger partial charge < -0.3 is 20.1 Å². The molecule has 2 atom stereocenters. The van der Waals surface area contributed by atoms with Crippen LogP contribution in [-0.4, -0.2) is 49.9 Å². The lowest BCUT2D eigenvalue weighted by molar-refractivity contribution is -0.154. The van der Waals surface area contributed by atoms with Crippen LogP contribution >= 0.6 is 7.82 Å². The van der Waals surface area contributed by atoms with Gasteiger partial charge in [0.2, 0.25) is 0 Å². The minimum absolute atomic E-state index is 0.0933. The van der Waals surface area contributed by atoms with Gasteiger partial charge in [0.15, 0.2) is 0 Å². The van der Waals surface area contributed by atoms with Crippen LogP contribution in [-0.2, 0) is 27.9 Å². The first-order chi connectivity index (χ1) is 33.4. The van der Waals surface area contributed by atoms with Crippen LogP contribution in [0, 0.1) is 0 Å². The van der Waals surface area contributed by atoms with Crippen molar-refractivity contribution in [2.45, 2.75) is 225 Å². The van der Waals surface area contributed by atoms with Crippen LogP contribution in [0.2, 0.25) is 0 Å². The van der Waals surface area contributed by atoms with Crippen LogP contribution in [0.3, 0.4) is 0 Å². The Labute approximate surface area is 418 Å². The van der Waals surface area contributed by atoms with Crippen molar-refractivity contribution in [2.75, 3.05) is 33.0 Å². The van der Waals surface area contributed by atoms with Crippen LogP contribution in [0.25, 0.3) is 0 Å². The van der Waals surface area contributed by atoms with Gasteiger partial charge in [0.1, 0.15) is 6.10 Å². The minimum atomic E-state index is -4.30. The summed E-state index contributed by atoms with van der Waals surface area (Å²) in [6.07, 6.45) is 75.5. The van der Waals surface area contributed by atoms with E-state index >= 15 is 0 Å². The van der Waals surface area contributed by atoms with Crippen LogP contribution in [0.15, 0.2) is 109 Å². The molecule has 0 aromatic heterocycles. The van der Waals surface area contributed by atoms with Crippen molar-refractivity contribution in [3.8, 4) is 0 Å². The first-order valence-corrected chi connectivity index (χ1v) is 28.9. The molecule has 3 N–H and O–H groups in total. The van der Waals surface area contributed by atoms with E-state index in [1.165, 1.54) is 103 Å². The first-order valence-electron chi connectivity index (χ1n) is 27.4. The first kappa shape index (κ1) is 65.2. The molecule has 0 aliphatic heterocycles. The van der Waals surface area contributed by atoms with Crippen LogP contribution in [0.5, 0.6) is 0 Å². The van der Waals surface area contributed by atoms with Gasteiger partial charge in [0.25, 0.3) is 0 Å². The molecule has 0 rings (SSSR count). The SMILES string of the molecule is CC/C=C\C/C=C\C/C=C\C/C=C\C/C=C\CCCCCCCCCCCC(=O)OC(COCCCCCCCCCCCCC/C=C\C/C=C\C/C=C\C/C=C\CC)COP(=O)(O)OCCN. The predicted octanol–water partition coefficient (Wildman–Crippen LogP) is 17.5. The van der Waals surface area contributed by atoms with E-state index in [4.69, 9.17) is 24.3 Å². The van der Waals surface area contributed by atoms with E-state index in [9.17, 15) is 14.3 Å². The third kappa shape index (κ3) is 54.1. The summed E-state index contributed by atoms with van der Waals surface area (Å²) in [6.45, 7) is 4.68. The molecule has 0 bridgehead atoms. The van der Waals surface area contributed by atoms with E-state index in [0.29, 0.717) is 13.0 Å². The van der Waals surface area contributed by atoms with Crippen molar-refractivity contribution in [1.82, 2.24) is 0 Å². The normalized spacial score (nSPS) is 14.1. The van der Waals surface area contributed by atoms with Crippen molar-refractivity contribution < 1.29 is 32.8 Å². The number of carbonyl (C=O) groups excluding carboxylic acids is 1. The standard InChI is InChI=1S/C59H102NO7P/c1-3-5-7-9-11-13-15-17-19-21-23-25-27-29-30-32-34-36-38-40-42-44-46-48-50-52-59(61)67-58(57-66-68(62,63)65-55-53-60)56-64-54-51-49-47-45-43-41-39-37-35-33-31-28-26-24-22-20-18-16-14-12-10-8-6-4-2/h5-8,11-14,17-20,23-26,29-30,58H,3-4,9-10,15-16,21-22,27-28,31-57,60H2,1-2H3,(H,62,63)/b7-5-,8-6-,13-11-,14-12-,19-17-,20-18-,25-23-,26-24-,30-29-. The summed E-state index contributed by atoms with van der Waals surface area (Å²) >= 11 is 0. The molecule has 0 radical (unpaired) electrons. The van der Waals surface area contributed by atoms with Crippen molar-refractivity contribution in [1.29, 1.82) is 0 Å². The summed E-state index contributed by atoms with van der Waals surface area (Å²) in [5, 5.41) is 0. The summed E-state index contributed by atoms with van der Waals surface area (Å²) in [7, 11) is -4.30. The molecule has 9 heteroatoms. The molecule has 0 aromatic carbocycles. The molecule has 68 heavy (non-hydrogen) atoms. The highest BCUT2D eigenvalue weighted by molar-refractivity contribution is 7.47. The Bertz CT molecular complexity index is 1410. The van der Waals surface area contributed by atoms with Gasteiger partial charge in [-0.1, -0.05) is 226 Å². The quantitative estimate of drug-likeness (QED) is 0.0268.